The standard InChI is InChI=1S/C20H34N2O2/c1-7-16(12-17-10-11-21-20(17)24)18(9-8-13(2)3)22-19(23)15(6)14(4)5/h7-8,14-18H,1,9-12H2,2-6H3,(H,21,24)(H,22,23)/t15-,16+,17-,18-/m0/s1. The van der Waals surface area contributed by atoms with Crippen LogP contribution in [0.15, 0.2) is 24.3 Å². The number of hydrogen-bond acceptors (Lipinski definition) is 2. The van der Waals surface area contributed by atoms with Crippen LogP contribution in [-0.2, 0) is 9.59 Å². The average molecular weight is 335 g/mol. The molecule has 0 saturated carbocycles. The molecule has 2 amide bonds. The van der Waals surface area contributed by atoms with E-state index in [9.17, 15) is 9.59 Å². The van der Waals surface area contributed by atoms with E-state index in [0.717, 1.165) is 25.8 Å². The molecular formula is C20H34N2O2. The maximum atomic E-state index is 12.5. The van der Waals surface area contributed by atoms with Gasteiger partial charge in [-0.15, -0.1) is 6.58 Å². The first kappa shape index (κ1) is 20.5. The molecule has 0 unspecified atom stereocenters. The lowest BCUT2D eigenvalue weighted by atomic mass is 9.85. The lowest BCUT2D eigenvalue weighted by molar-refractivity contribution is -0.126. The van der Waals surface area contributed by atoms with Crippen LogP contribution in [0, 0.1) is 23.7 Å². The summed E-state index contributed by atoms with van der Waals surface area (Å²) in [5.74, 6) is 0.611. The number of hydrogen-bond donors (Lipinski definition) is 2. The third-order valence-electron chi connectivity index (χ3n) is 5.06. The first-order chi connectivity index (χ1) is 11.3. The summed E-state index contributed by atoms with van der Waals surface area (Å²) in [6, 6.07) is -0.0144. The van der Waals surface area contributed by atoms with Crippen molar-refractivity contribution in [3.63, 3.8) is 0 Å². The highest BCUT2D eigenvalue weighted by molar-refractivity contribution is 5.80. The van der Waals surface area contributed by atoms with Crippen LogP contribution in [0.25, 0.3) is 0 Å². The minimum absolute atomic E-state index is 0.0144. The molecule has 1 aliphatic rings. The Morgan fingerprint density at radius 1 is 1.38 bits per heavy atom. The number of allylic oxidation sites excluding steroid dienone is 1. The van der Waals surface area contributed by atoms with Crippen molar-refractivity contribution < 1.29 is 9.59 Å². The van der Waals surface area contributed by atoms with Gasteiger partial charge in [-0.25, -0.2) is 0 Å². The Labute approximate surface area is 147 Å². The van der Waals surface area contributed by atoms with E-state index >= 15 is 0 Å². The summed E-state index contributed by atoms with van der Waals surface area (Å²) in [7, 11) is 0. The zero-order valence-electron chi connectivity index (χ0n) is 15.9. The second kappa shape index (κ2) is 9.65. The van der Waals surface area contributed by atoms with Gasteiger partial charge < -0.3 is 10.6 Å². The molecule has 2 N–H and O–H groups in total. The van der Waals surface area contributed by atoms with Crippen LogP contribution in [0.3, 0.4) is 0 Å². The lowest BCUT2D eigenvalue weighted by Gasteiger charge is -2.28. The Morgan fingerprint density at radius 3 is 2.50 bits per heavy atom. The Kier molecular flexibility index (Phi) is 8.23. The maximum Gasteiger partial charge on any atom is 0.223 e. The van der Waals surface area contributed by atoms with Crippen molar-refractivity contribution in [2.24, 2.45) is 23.7 Å². The fourth-order valence-electron chi connectivity index (χ4n) is 2.94. The van der Waals surface area contributed by atoms with E-state index in [2.05, 4.69) is 51.0 Å². The molecule has 4 nitrogen and oxygen atoms in total. The van der Waals surface area contributed by atoms with Crippen LogP contribution in [0.5, 0.6) is 0 Å². The topological polar surface area (TPSA) is 58.2 Å². The second-order valence-electron chi connectivity index (χ2n) is 7.58. The molecule has 1 rings (SSSR count). The Morgan fingerprint density at radius 2 is 2.04 bits per heavy atom. The SMILES string of the molecule is C=C[C@H](C[C@@H]1CCNC1=O)[C@H](CC=C(C)C)NC(=O)[C@@H](C)C(C)C. The van der Waals surface area contributed by atoms with E-state index in [1.54, 1.807) is 0 Å². The van der Waals surface area contributed by atoms with Gasteiger partial charge in [-0.1, -0.05) is 38.5 Å². The van der Waals surface area contributed by atoms with E-state index < -0.39 is 0 Å². The van der Waals surface area contributed by atoms with Crippen LogP contribution in [0.2, 0.25) is 0 Å². The number of rotatable bonds is 9. The van der Waals surface area contributed by atoms with Crippen LogP contribution in [0.1, 0.15) is 53.9 Å². The summed E-state index contributed by atoms with van der Waals surface area (Å²) in [4.78, 5) is 24.4. The number of carbonyl (C=O) groups excluding carboxylic acids is 2. The fourth-order valence-corrected chi connectivity index (χ4v) is 2.94. The fraction of sp³-hybridized carbons (Fsp3) is 0.700. The first-order valence-electron chi connectivity index (χ1n) is 9.10. The van der Waals surface area contributed by atoms with Crippen molar-refractivity contribution in [3.05, 3.63) is 24.3 Å². The van der Waals surface area contributed by atoms with Gasteiger partial charge in [0.05, 0.1) is 0 Å². The van der Waals surface area contributed by atoms with E-state index in [-0.39, 0.29) is 35.6 Å². The van der Waals surface area contributed by atoms with Crippen LogP contribution >= 0.6 is 0 Å². The van der Waals surface area contributed by atoms with E-state index in [4.69, 9.17) is 0 Å². The average Bonchev–Trinajstić information content (AvgIpc) is 2.92. The summed E-state index contributed by atoms with van der Waals surface area (Å²) in [5.41, 5.74) is 1.23. The van der Waals surface area contributed by atoms with Crippen molar-refractivity contribution in [1.29, 1.82) is 0 Å². The van der Waals surface area contributed by atoms with Gasteiger partial charge >= 0.3 is 0 Å². The highest BCUT2D eigenvalue weighted by Gasteiger charge is 2.30. The third-order valence-corrected chi connectivity index (χ3v) is 5.06. The Hall–Kier alpha value is -1.58. The van der Waals surface area contributed by atoms with Gasteiger partial charge in [0, 0.05) is 24.4 Å². The molecule has 0 bridgehead atoms. The zero-order valence-corrected chi connectivity index (χ0v) is 15.9. The molecule has 1 fully saturated rings. The van der Waals surface area contributed by atoms with Gasteiger partial charge in [0.15, 0.2) is 0 Å². The molecule has 1 saturated heterocycles. The molecule has 0 aromatic rings. The molecule has 1 heterocycles. The molecule has 0 aliphatic carbocycles. The number of carbonyl (C=O) groups is 2. The Bertz CT molecular complexity index is 478. The summed E-state index contributed by atoms with van der Waals surface area (Å²) in [6.07, 6.45) is 6.43. The van der Waals surface area contributed by atoms with Gasteiger partial charge in [0.2, 0.25) is 11.8 Å². The van der Waals surface area contributed by atoms with Crippen molar-refractivity contribution >= 4 is 11.8 Å². The number of amides is 2. The molecule has 0 aromatic carbocycles. The molecule has 0 spiro atoms. The van der Waals surface area contributed by atoms with E-state index in [1.165, 1.54) is 5.57 Å². The lowest BCUT2D eigenvalue weighted by Crippen LogP contribution is -2.43. The predicted molar refractivity (Wildman–Crippen MR) is 99.4 cm³/mol. The maximum absolute atomic E-state index is 12.5. The van der Waals surface area contributed by atoms with Crippen LogP contribution in [0.4, 0.5) is 0 Å². The monoisotopic (exact) mass is 334 g/mol. The summed E-state index contributed by atoms with van der Waals surface area (Å²) in [6.45, 7) is 14.9. The normalized spacial score (nSPS) is 20.9. The smallest absolute Gasteiger partial charge is 0.223 e. The quantitative estimate of drug-likeness (QED) is 0.635. The van der Waals surface area contributed by atoms with Crippen molar-refractivity contribution in [2.75, 3.05) is 6.54 Å². The molecule has 4 heteroatoms. The highest BCUT2D eigenvalue weighted by atomic mass is 16.2. The summed E-state index contributed by atoms with van der Waals surface area (Å²) < 4.78 is 0. The van der Waals surface area contributed by atoms with Crippen molar-refractivity contribution in [3.8, 4) is 0 Å². The van der Waals surface area contributed by atoms with Crippen LogP contribution < -0.4 is 10.6 Å². The minimum atomic E-state index is -0.0283. The largest absolute Gasteiger partial charge is 0.356 e. The first-order valence-corrected chi connectivity index (χ1v) is 9.10. The Balaban J connectivity index is 2.84. The van der Waals surface area contributed by atoms with Crippen molar-refractivity contribution in [2.45, 2.75) is 59.9 Å². The highest BCUT2D eigenvalue weighted by Crippen LogP contribution is 2.25. The predicted octanol–water partition coefficient (Wildman–Crippen LogP) is 3.45. The molecular weight excluding hydrogens is 300 g/mol. The molecule has 24 heavy (non-hydrogen) atoms. The van der Waals surface area contributed by atoms with Gasteiger partial charge in [-0.05, 0) is 44.9 Å². The molecule has 0 radical (unpaired) electrons. The molecule has 1 aliphatic heterocycles. The van der Waals surface area contributed by atoms with E-state index in [0.29, 0.717) is 5.92 Å². The van der Waals surface area contributed by atoms with Crippen LogP contribution in [-0.4, -0.2) is 24.4 Å². The van der Waals surface area contributed by atoms with Gasteiger partial charge in [0.1, 0.15) is 0 Å². The number of nitrogens with one attached hydrogen (secondary N) is 2. The van der Waals surface area contributed by atoms with Gasteiger partial charge in [-0.2, -0.15) is 0 Å². The molecule has 4 atom stereocenters. The summed E-state index contributed by atoms with van der Waals surface area (Å²) >= 11 is 0. The molecule has 136 valence electrons. The van der Waals surface area contributed by atoms with Crippen molar-refractivity contribution in [1.82, 2.24) is 10.6 Å². The summed E-state index contributed by atoms with van der Waals surface area (Å²) in [5, 5.41) is 6.10. The van der Waals surface area contributed by atoms with Gasteiger partial charge in [0.25, 0.3) is 0 Å². The second-order valence-corrected chi connectivity index (χ2v) is 7.58. The minimum Gasteiger partial charge on any atom is -0.356 e. The van der Waals surface area contributed by atoms with Gasteiger partial charge in [-0.3, -0.25) is 9.59 Å². The molecule has 0 aromatic heterocycles. The zero-order chi connectivity index (χ0) is 18.3. The van der Waals surface area contributed by atoms with E-state index in [1.807, 2.05) is 13.0 Å². The third kappa shape index (κ3) is 6.14.